The highest BCUT2D eigenvalue weighted by Gasteiger charge is 2.37. The van der Waals surface area contributed by atoms with Crippen molar-refractivity contribution in [3.05, 3.63) is 64.0 Å². The van der Waals surface area contributed by atoms with Gasteiger partial charge in [0, 0.05) is 31.0 Å². The predicted octanol–water partition coefficient (Wildman–Crippen LogP) is 1.20. The van der Waals surface area contributed by atoms with Gasteiger partial charge in [-0.15, -0.1) is 0 Å². The second-order valence-corrected chi connectivity index (χ2v) is 7.77. The SMILES string of the molecule is O=c1cc(CCc2ccc(O)cc2)oc2cc(OC3O[C@@H](CO)[C@H](O)C[C@@H]3O)cc(O)c12. The fourth-order valence-electron chi connectivity index (χ4n) is 3.68. The van der Waals surface area contributed by atoms with Crippen LogP contribution in [-0.2, 0) is 17.6 Å². The van der Waals surface area contributed by atoms with E-state index in [1.165, 1.54) is 18.2 Å². The van der Waals surface area contributed by atoms with Crippen molar-refractivity contribution >= 4 is 11.0 Å². The zero-order chi connectivity index (χ0) is 22.8. The lowest BCUT2D eigenvalue weighted by Gasteiger charge is -2.36. The quantitative estimate of drug-likeness (QED) is 0.378. The van der Waals surface area contributed by atoms with E-state index < -0.39 is 36.6 Å². The summed E-state index contributed by atoms with van der Waals surface area (Å²) >= 11 is 0. The normalized spacial score (nSPS) is 23.3. The van der Waals surface area contributed by atoms with Crippen molar-refractivity contribution in [2.75, 3.05) is 6.61 Å². The predicted molar refractivity (Wildman–Crippen MR) is 113 cm³/mol. The summed E-state index contributed by atoms with van der Waals surface area (Å²) in [5.74, 6) is 0.316. The minimum atomic E-state index is -1.18. The first-order chi connectivity index (χ1) is 15.3. The van der Waals surface area contributed by atoms with Crippen LogP contribution < -0.4 is 10.2 Å². The first kappa shape index (κ1) is 22.1. The number of fused-ring (bicyclic) bond motifs is 1. The molecule has 1 aliphatic rings. The van der Waals surface area contributed by atoms with E-state index in [4.69, 9.17) is 13.9 Å². The van der Waals surface area contributed by atoms with Crippen LogP contribution in [0.2, 0.25) is 0 Å². The van der Waals surface area contributed by atoms with Crippen molar-refractivity contribution in [2.45, 2.75) is 43.9 Å². The molecule has 1 unspecified atom stereocenters. The zero-order valence-electron chi connectivity index (χ0n) is 17.0. The molecule has 5 N–H and O–H groups in total. The second kappa shape index (κ2) is 9.17. The molecule has 1 aromatic heterocycles. The van der Waals surface area contributed by atoms with E-state index in [0.717, 1.165) is 5.56 Å². The first-order valence-corrected chi connectivity index (χ1v) is 10.2. The molecule has 1 fully saturated rings. The molecule has 0 amide bonds. The molecular formula is C23H24O9. The number of ether oxygens (including phenoxy) is 2. The van der Waals surface area contributed by atoms with Crippen LogP contribution in [0.5, 0.6) is 17.2 Å². The average molecular weight is 444 g/mol. The van der Waals surface area contributed by atoms with Crippen LogP contribution in [0.3, 0.4) is 0 Å². The number of phenols is 2. The van der Waals surface area contributed by atoms with E-state index >= 15 is 0 Å². The van der Waals surface area contributed by atoms with Crippen LogP contribution in [0.15, 0.2) is 51.7 Å². The molecule has 0 radical (unpaired) electrons. The van der Waals surface area contributed by atoms with E-state index in [9.17, 15) is 30.3 Å². The Morgan fingerprint density at radius 3 is 2.47 bits per heavy atom. The molecule has 4 rings (SSSR count). The molecule has 9 nitrogen and oxygen atoms in total. The van der Waals surface area contributed by atoms with Crippen LogP contribution in [0.25, 0.3) is 11.0 Å². The Balaban J connectivity index is 1.57. The number of hydrogen-bond donors (Lipinski definition) is 5. The van der Waals surface area contributed by atoms with E-state index in [1.807, 2.05) is 0 Å². The van der Waals surface area contributed by atoms with Gasteiger partial charge in [0.1, 0.15) is 46.2 Å². The van der Waals surface area contributed by atoms with Crippen molar-refractivity contribution in [2.24, 2.45) is 0 Å². The van der Waals surface area contributed by atoms with Gasteiger partial charge in [0.15, 0.2) is 5.43 Å². The average Bonchev–Trinajstić information content (AvgIpc) is 2.74. The highest BCUT2D eigenvalue weighted by Crippen LogP contribution is 2.31. The van der Waals surface area contributed by atoms with E-state index in [0.29, 0.717) is 18.6 Å². The van der Waals surface area contributed by atoms with Gasteiger partial charge in [-0.2, -0.15) is 0 Å². The monoisotopic (exact) mass is 444 g/mol. The Morgan fingerprint density at radius 1 is 1.00 bits per heavy atom. The Hall–Kier alpha value is -3.11. The maximum Gasteiger partial charge on any atom is 0.226 e. The minimum Gasteiger partial charge on any atom is -0.508 e. The summed E-state index contributed by atoms with van der Waals surface area (Å²) in [7, 11) is 0. The minimum absolute atomic E-state index is 0.000462. The van der Waals surface area contributed by atoms with Crippen LogP contribution in [0.4, 0.5) is 0 Å². The van der Waals surface area contributed by atoms with Crippen LogP contribution in [0.1, 0.15) is 17.7 Å². The van der Waals surface area contributed by atoms with Crippen LogP contribution in [-0.4, -0.2) is 56.7 Å². The number of aryl methyl sites for hydroxylation is 2. The van der Waals surface area contributed by atoms with Crippen molar-refractivity contribution in [3.63, 3.8) is 0 Å². The molecule has 1 aliphatic heterocycles. The Kier molecular flexibility index (Phi) is 6.33. The molecule has 0 bridgehead atoms. The van der Waals surface area contributed by atoms with Gasteiger partial charge in [0.25, 0.3) is 0 Å². The third kappa shape index (κ3) is 4.71. The van der Waals surface area contributed by atoms with Gasteiger partial charge >= 0.3 is 0 Å². The second-order valence-electron chi connectivity index (χ2n) is 7.77. The van der Waals surface area contributed by atoms with E-state index in [-0.39, 0.29) is 34.6 Å². The van der Waals surface area contributed by atoms with Crippen molar-refractivity contribution in [1.82, 2.24) is 0 Å². The molecule has 9 heteroatoms. The number of phenolic OH excluding ortho intramolecular Hbond substituents is 2. The van der Waals surface area contributed by atoms with E-state index in [1.54, 1.807) is 24.3 Å². The van der Waals surface area contributed by atoms with Gasteiger partial charge in [-0.05, 0) is 24.1 Å². The molecule has 2 heterocycles. The first-order valence-electron chi connectivity index (χ1n) is 10.2. The highest BCUT2D eigenvalue weighted by atomic mass is 16.7. The maximum absolute atomic E-state index is 12.5. The smallest absolute Gasteiger partial charge is 0.226 e. The van der Waals surface area contributed by atoms with E-state index in [2.05, 4.69) is 0 Å². The Labute approximate surface area is 182 Å². The number of aliphatic hydroxyl groups excluding tert-OH is 3. The summed E-state index contributed by atoms with van der Waals surface area (Å²) in [6.45, 7) is -0.448. The third-order valence-corrected chi connectivity index (χ3v) is 5.40. The summed E-state index contributed by atoms with van der Waals surface area (Å²) in [5.41, 5.74) is 0.653. The zero-order valence-corrected chi connectivity index (χ0v) is 17.0. The standard InChI is InChI=1S/C23H24O9/c24-11-21-16(26)10-19(29)23(32-21)31-15-8-18(28)22-17(27)7-14(30-20(22)9-15)6-3-12-1-4-13(25)5-2-12/h1-2,4-5,7-9,16,19,21,23-26,28-29H,3,6,10-11H2/t16-,19+,21+,23?/m1/s1. The number of hydrogen-bond acceptors (Lipinski definition) is 9. The van der Waals surface area contributed by atoms with Crippen molar-refractivity contribution < 1.29 is 39.4 Å². The highest BCUT2D eigenvalue weighted by molar-refractivity contribution is 5.84. The molecule has 1 saturated heterocycles. The van der Waals surface area contributed by atoms with Gasteiger partial charge in [-0.1, -0.05) is 12.1 Å². The van der Waals surface area contributed by atoms with Gasteiger partial charge < -0.3 is 39.4 Å². The van der Waals surface area contributed by atoms with Crippen LogP contribution in [0, 0.1) is 0 Å². The molecule has 0 aliphatic carbocycles. The van der Waals surface area contributed by atoms with Gasteiger partial charge in [-0.25, -0.2) is 0 Å². The summed E-state index contributed by atoms with van der Waals surface area (Å²) < 4.78 is 16.8. The van der Waals surface area contributed by atoms with Crippen LogP contribution >= 0.6 is 0 Å². The third-order valence-electron chi connectivity index (χ3n) is 5.40. The summed E-state index contributed by atoms with van der Waals surface area (Å²) in [6.07, 6.45) is -3.35. The summed E-state index contributed by atoms with van der Waals surface area (Å²) in [6, 6.07) is 10.7. The number of benzene rings is 2. The number of aromatic hydroxyl groups is 2. The summed E-state index contributed by atoms with van der Waals surface area (Å²) in [4.78, 5) is 12.5. The Morgan fingerprint density at radius 2 is 1.75 bits per heavy atom. The Bertz CT molecular complexity index is 1140. The van der Waals surface area contributed by atoms with Gasteiger partial charge in [0.2, 0.25) is 6.29 Å². The molecule has 4 atom stereocenters. The fourth-order valence-corrected chi connectivity index (χ4v) is 3.68. The molecule has 0 spiro atoms. The molecule has 2 aromatic carbocycles. The number of aliphatic hydroxyl groups is 3. The maximum atomic E-state index is 12.5. The van der Waals surface area contributed by atoms with Crippen molar-refractivity contribution in [1.29, 1.82) is 0 Å². The topological polar surface area (TPSA) is 150 Å². The number of rotatable bonds is 6. The molecule has 3 aromatic rings. The lowest BCUT2D eigenvalue weighted by atomic mass is 10.0. The van der Waals surface area contributed by atoms with Gasteiger partial charge in [-0.3, -0.25) is 4.79 Å². The molecule has 0 saturated carbocycles. The molecular weight excluding hydrogens is 420 g/mol. The summed E-state index contributed by atoms with van der Waals surface area (Å²) in [5, 5.41) is 49.0. The van der Waals surface area contributed by atoms with Crippen molar-refractivity contribution in [3.8, 4) is 17.2 Å². The van der Waals surface area contributed by atoms with Gasteiger partial charge in [0.05, 0.1) is 12.7 Å². The largest absolute Gasteiger partial charge is 0.508 e. The lowest BCUT2D eigenvalue weighted by molar-refractivity contribution is -0.240. The molecule has 32 heavy (non-hydrogen) atoms. The molecule has 170 valence electrons. The fraction of sp³-hybridized carbons (Fsp3) is 0.348. The lowest BCUT2D eigenvalue weighted by Crippen LogP contribution is -2.50.